The smallest absolute Gasteiger partial charge is 0.244 e. The summed E-state index contributed by atoms with van der Waals surface area (Å²) in [4.78, 5) is 14.1. The summed E-state index contributed by atoms with van der Waals surface area (Å²) in [6.07, 6.45) is 4.68. The molecule has 2 aliphatic rings. The van der Waals surface area contributed by atoms with Gasteiger partial charge in [0.2, 0.25) is 5.91 Å². The fourth-order valence-corrected chi connectivity index (χ4v) is 2.64. The van der Waals surface area contributed by atoms with Gasteiger partial charge in [0.15, 0.2) is 0 Å². The molecule has 2 rings (SSSR count). The molecule has 0 aromatic heterocycles. The lowest BCUT2D eigenvalue weighted by Gasteiger charge is -2.25. The van der Waals surface area contributed by atoms with Gasteiger partial charge >= 0.3 is 0 Å². The maximum absolute atomic E-state index is 12.2. The molecule has 5 heteroatoms. The van der Waals surface area contributed by atoms with Crippen LogP contribution in [0, 0.1) is 0 Å². The Kier molecular flexibility index (Phi) is 3.09. The Bertz CT molecular complexity index is 328. The highest BCUT2D eigenvalue weighted by Gasteiger charge is 2.58. The summed E-state index contributed by atoms with van der Waals surface area (Å²) in [5.41, 5.74) is -0.240. The maximum atomic E-state index is 12.2. The first-order valence-electron chi connectivity index (χ1n) is 5.91. The van der Waals surface area contributed by atoms with Crippen LogP contribution in [0.4, 0.5) is 0 Å². The fourth-order valence-electron chi connectivity index (χ4n) is 2.27. The zero-order valence-electron chi connectivity index (χ0n) is 10.2. The average molecular weight is 244 g/mol. The first-order chi connectivity index (χ1) is 7.50. The summed E-state index contributed by atoms with van der Waals surface area (Å²) in [6.45, 7) is 4.62. The van der Waals surface area contributed by atoms with Crippen molar-refractivity contribution in [3.8, 4) is 0 Å². The quantitative estimate of drug-likeness (QED) is 0.781. The lowest BCUT2D eigenvalue weighted by molar-refractivity contribution is -0.130. The van der Waals surface area contributed by atoms with Gasteiger partial charge in [-0.1, -0.05) is 6.92 Å². The summed E-state index contributed by atoms with van der Waals surface area (Å²) in [6, 6.07) is 0. The van der Waals surface area contributed by atoms with Crippen molar-refractivity contribution in [1.29, 1.82) is 0 Å². The Morgan fingerprint density at radius 2 is 2.25 bits per heavy atom. The van der Waals surface area contributed by atoms with Crippen LogP contribution in [0.15, 0.2) is 0 Å². The lowest BCUT2D eigenvalue weighted by atomic mass is 10.2. The fraction of sp³-hybridized carbons (Fsp3) is 0.909. The van der Waals surface area contributed by atoms with Crippen molar-refractivity contribution in [2.75, 3.05) is 12.8 Å². The molecule has 0 aromatic carbocycles. The van der Waals surface area contributed by atoms with E-state index in [9.17, 15) is 9.00 Å². The molecular weight excluding hydrogens is 224 g/mol. The molecule has 1 aliphatic heterocycles. The van der Waals surface area contributed by atoms with E-state index in [1.165, 1.54) is 0 Å². The summed E-state index contributed by atoms with van der Waals surface area (Å²) in [5, 5.41) is 3.46. The zero-order chi connectivity index (χ0) is 11.9. The van der Waals surface area contributed by atoms with Crippen LogP contribution in [0.3, 0.4) is 0 Å². The van der Waals surface area contributed by atoms with Crippen LogP contribution in [-0.2, 0) is 15.6 Å². The third-order valence-corrected chi connectivity index (χ3v) is 4.93. The van der Waals surface area contributed by atoms with Gasteiger partial charge in [0, 0.05) is 28.9 Å². The van der Waals surface area contributed by atoms with Crippen molar-refractivity contribution in [2.45, 2.75) is 50.1 Å². The predicted octanol–water partition coefficient (Wildman–Crippen LogP) is 0.454. The topological polar surface area (TPSA) is 49.4 Å². The largest absolute Gasteiger partial charge is 0.324 e. The van der Waals surface area contributed by atoms with Crippen LogP contribution in [0.25, 0.3) is 0 Å². The molecule has 16 heavy (non-hydrogen) atoms. The highest BCUT2D eigenvalue weighted by atomic mass is 32.2. The second-order valence-electron chi connectivity index (χ2n) is 4.92. The monoisotopic (exact) mass is 244 g/mol. The van der Waals surface area contributed by atoms with Gasteiger partial charge in [-0.3, -0.25) is 14.3 Å². The number of amides is 1. The number of carbonyl (C=O) groups excluding carboxylic acids is 1. The first kappa shape index (κ1) is 12.0. The maximum Gasteiger partial charge on any atom is 0.244 e. The van der Waals surface area contributed by atoms with Gasteiger partial charge < -0.3 is 4.90 Å². The van der Waals surface area contributed by atoms with E-state index in [4.69, 9.17) is 0 Å². The first-order valence-corrected chi connectivity index (χ1v) is 7.53. The summed E-state index contributed by atoms with van der Waals surface area (Å²) < 4.78 is 11.4. The second kappa shape index (κ2) is 4.11. The van der Waals surface area contributed by atoms with E-state index in [0.717, 1.165) is 19.3 Å². The Labute approximate surface area is 99.2 Å². The lowest BCUT2D eigenvalue weighted by Crippen LogP contribution is -2.41. The van der Waals surface area contributed by atoms with Gasteiger partial charge in [-0.15, -0.1) is 0 Å². The normalized spacial score (nSPS) is 30.8. The van der Waals surface area contributed by atoms with Gasteiger partial charge in [0.05, 0.1) is 11.7 Å². The van der Waals surface area contributed by atoms with E-state index in [1.54, 1.807) is 6.26 Å². The standard InChI is InChI=1S/C11H20N2O2S/c1-4-9-12-11(5-6-11)10(14)13(9)7-8(2)16(3)15/h8-9,12H,4-7H2,1-3H3. The van der Waals surface area contributed by atoms with Crippen molar-refractivity contribution in [3.05, 3.63) is 0 Å². The molecule has 1 saturated carbocycles. The molecule has 1 amide bonds. The van der Waals surface area contributed by atoms with Crippen molar-refractivity contribution < 1.29 is 9.00 Å². The number of hydrogen-bond donors (Lipinski definition) is 1. The molecule has 1 saturated heterocycles. The number of hydrogen-bond acceptors (Lipinski definition) is 3. The van der Waals surface area contributed by atoms with Gasteiger partial charge in [0.25, 0.3) is 0 Å². The van der Waals surface area contributed by atoms with Crippen LogP contribution in [0.1, 0.15) is 33.1 Å². The number of carbonyl (C=O) groups is 1. The molecule has 1 aliphatic carbocycles. The molecule has 0 bridgehead atoms. The van der Waals surface area contributed by atoms with Crippen molar-refractivity contribution in [1.82, 2.24) is 10.2 Å². The molecule has 1 N–H and O–H groups in total. The van der Waals surface area contributed by atoms with Crippen LogP contribution < -0.4 is 5.32 Å². The second-order valence-corrected chi connectivity index (χ2v) is 6.72. The van der Waals surface area contributed by atoms with Crippen molar-refractivity contribution in [2.24, 2.45) is 0 Å². The van der Waals surface area contributed by atoms with Crippen LogP contribution in [0.2, 0.25) is 0 Å². The summed E-state index contributed by atoms with van der Waals surface area (Å²) >= 11 is 0. The van der Waals surface area contributed by atoms with Crippen molar-refractivity contribution >= 4 is 16.7 Å². The third kappa shape index (κ3) is 1.91. The molecule has 0 aromatic rings. The summed E-state index contributed by atoms with van der Waals surface area (Å²) in [5.74, 6) is 0.219. The van der Waals surface area contributed by atoms with Crippen LogP contribution in [-0.4, -0.2) is 44.8 Å². The molecule has 1 spiro atoms. The SMILES string of the molecule is CCC1NC2(CC2)C(=O)N1CC(C)S(C)=O. The Hall–Kier alpha value is -0.420. The van der Waals surface area contributed by atoms with Gasteiger partial charge in [0.1, 0.15) is 0 Å². The minimum atomic E-state index is -0.864. The molecule has 3 unspecified atom stereocenters. The molecule has 3 atom stereocenters. The van der Waals surface area contributed by atoms with E-state index in [-0.39, 0.29) is 22.9 Å². The van der Waals surface area contributed by atoms with Gasteiger partial charge in [-0.25, -0.2) is 0 Å². The number of rotatable bonds is 4. The van der Waals surface area contributed by atoms with E-state index < -0.39 is 10.8 Å². The predicted molar refractivity (Wildman–Crippen MR) is 64.4 cm³/mol. The van der Waals surface area contributed by atoms with Crippen LogP contribution >= 0.6 is 0 Å². The zero-order valence-corrected chi connectivity index (χ0v) is 11.0. The molecule has 1 heterocycles. The number of nitrogens with zero attached hydrogens (tertiary/aromatic N) is 1. The molecular formula is C11H20N2O2S. The summed E-state index contributed by atoms with van der Waals surface area (Å²) in [7, 11) is -0.864. The molecule has 92 valence electrons. The minimum Gasteiger partial charge on any atom is -0.324 e. The van der Waals surface area contributed by atoms with E-state index >= 15 is 0 Å². The Morgan fingerprint density at radius 3 is 2.69 bits per heavy atom. The Balaban J connectivity index is 2.07. The molecule has 2 fully saturated rings. The highest BCUT2D eigenvalue weighted by molar-refractivity contribution is 7.84. The minimum absolute atomic E-state index is 0.0497. The van der Waals surface area contributed by atoms with E-state index in [1.807, 2.05) is 11.8 Å². The Morgan fingerprint density at radius 1 is 1.62 bits per heavy atom. The third-order valence-electron chi connectivity index (χ3n) is 3.65. The average Bonchev–Trinajstić information content (AvgIpc) is 2.97. The number of nitrogens with one attached hydrogen (secondary N) is 1. The van der Waals surface area contributed by atoms with Gasteiger partial charge in [-0.2, -0.15) is 0 Å². The van der Waals surface area contributed by atoms with E-state index in [0.29, 0.717) is 6.54 Å². The molecule has 0 radical (unpaired) electrons. The van der Waals surface area contributed by atoms with Crippen LogP contribution in [0.5, 0.6) is 0 Å². The molecule has 4 nitrogen and oxygen atoms in total. The van der Waals surface area contributed by atoms with Gasteiger partial charge in [-0.05, 0) is 26.2 Å². The van der Waals surface area contributed by atoms with E-state index in [2.05, 4.69) is 12.2 Å². The van der Waals surface area contributed by atoms with Crippen molar-refractivity contribution in [3.63, 3.8) is 0 Å². The highest BCUT2D eigenvalue weighted by Crippen LogP contribution is 2.42.